The molecule has 2 saturated heterocycles. The van der Waals surface area contributed by atoms with Gasteiger partial charge in [0, 0.05) is 18.7 Å². The molecule has 5 nitrogen and oxygen atoms in total. The number of rotatable bonds is 0. The summed E-state index contributed by atoms with van der Waals surface area (Å²) in [4.78, 5) is 2.30. The van der Waals surface area contributed by atoms with Crippen LogP contribution in [0.25, 0.3) is 0 Å². The number of aliphatic hydroxyl groups is 1. The van der Waals surface area contributed by atoms with Crippen molar-refractivity contribution in [3.63, 3.8) is 0 Å². The summed E-state index contributed by atoms with van der Waals surface area (Å²) in [6.07, 6.45) is 0.579. The Morgan fingerprint density at radius 1 is 1.59 bits per heavy atom. The predicted octanol–water partition coefficient (Wildman–Crippen LogP) is 0.365. The van der Waals surface area contributed by atoms with E-state index in [1.807, 2.05) is 6.92 Å². The highest BCUT2D eigenvalue weighted by Crippen LogP contribution is 2.58. The van der Waals surface area contributed by atoms with E-state index in [0.29, 0.717) is 12.0 Å². The van der Waals surface area contributed by atoms with E-state index in [1.165, 1.54) is 0 Å². The normalized spacial score (nSPS) is 43.8. The van der Waals surface area contributed by atoms with Gasteiger partial charge in [0.15, 0.2) is 5.76 Å². The fourth-order valence-corrected chi connectivity index (χ4v) is 4.20. The lowest BCUT2D eigenvalue weighted by Gasteiger charge is -2.44. The molecule has 17 heavy (non-hydrogen) atoms. The van der Waals surface area contributed by atoms with Gasteiger partial charge in [0.05, 0.1) is 17.3 Å². The molecule has 2 N–H and O–H groups in total. The van der Waals surface area contributed by atoms with Crippen molar-refractivity contribution in [2.75, 3.05) is 20.1 Å². The molecule has 1 aromatic heterocycles. The highest BCUT2D eigenvalue weighted by atomic mass is 16.5. The zero-order valence-electron chi connectivity index (χ0n) is 10.1. The van der Waals surface area contributed by atoms with Gasteiger partial charge in [0.25, 0.3) is 0 Å². The van der Waals surface area contributed by atoms with Crippen LogP contribution < -0.4 is 5.32 Å². The molecular weight excluding hydrogens is 218 g/mol. The Hall–Kier alpha value is -0.910. The Bertz CT molecular complexity index is 486. The number of aryl methyl sites for hydroxylation is 1. The Balaban J connectivity index is 1.96. The molecule has 0 saturated carbocycles. The Kier molecular flexibility index (Phi) is 1.72. The molecule has 3 aliphatic heterocycles. The second-order valence-corrected chi connectivity index (χ2v) is 5.63. The maximum Gasteiger partial charge on any atom is 0.159 e. The molecule has 0 radical (unpaired) electrons. The molecule has 1 spiro atoms. The highest BCUT2D eigenvalue weighted by molar-refractivity contribution is 5.38. The number of nitrogens with one attached hydrogen (secondary N) is 1. The maximum absolute atomic E-state index is 10.8. The first kappa shape index (κ1) is 10.1. The first-order valence-electron chi connectivity index (χ1n) is 6.24. The Morgan fingerprint density at radius 3 is 3.24 bits per heavy atom. The number of nitrogens with zero attached hydrogens (tertiary/aromatic N) is 2. The number of hydrogen-bond acceptors (Lipinski definition) is 5. The van der Waals surface area contributed by atoms with Crippen LogP contribution in [0.4, 0.5) is 0 Å². The van der Waals surface area contributed by atoms with Crippen molar-refractivity contribution < 1.29 is 9.63 Å². The first-order chi connectivity index (χ1) is 8.16. The summed E-state index contributed by atoms with van der Waals surface area (Å²) >= 11 is 0. The van der Waals surface area contributed by atoms with E-state index in [-0.39, 0.29) is 5.54 Å². The molecule has 3 aliphatic rings. The van der Waals surface area contributed by atoms with Gasteiger partial charge in [0.2, 0.25) is 0 Å². The van der Waals surface area contributed by atoms with Gasteiger partial charge < -0.3 is 14.9 Å². The van der Waals surface area contributed by atoms with E-state index in [0.717, 1.165) is 36.5 Å². The van der Waals surface area contributed by atoms with E-state index in [1.54, 1.807) is 0 Å². The van der Waals surface area contributed by atoms with Crippen molar-refractivity contribution in [3.05, 3.63) is 17.0 Å². The smallest absolute Gasteiger partial charge is 0.159 e. The van der Waals surface area contributed by atoms with Gasteiger partial charge in [-0.3, -0.25) is 4.90 Å². The summed E-state index contributed by atoms with van der Waals surface area (Å²) in [7, 11) is 2.10. The minimum Gasteiger partial charge on any atom is -0.386 e. The molecule has 1 aromatic rings. The van der Waals surface area contributed by atoms with E-state index >= 15 is 0 Å². The topological polar surface area (TPSA) is 61.5 Å². The monoisotopic (exact) mass is 235 g/mol. The van der Waals surface area contributed by atoms with Crippen LogP contribution in [0, 0.1) is 12.8 Å². The maximum atomic E-state index is 10.8. The average Bonchev–Trinajstić information content (AvgIpc) is 2.91. The number of aliphatic hydroxyl groups excluding tert-OH is 1. The van der Waals surface area contributed by atoms with E-state index in [9.17, 15) is 5.11 Å². The molecule has 4 heterocycles. The van der Waals surface area contributed by atoms with Crippen LogP contribution in [0.2, 0.25) is 0 Å². The minimum atomic E-state index is -0.479. The van der Waals surface area contributed by atoms with E-state index in [4.69, 9.17) is 4.52 Å². The van der Waals surface area contributed by atoms with Crippen LogP contribution in [0.5, 0.6) is 0 Å². The minimum absolute atomic E-state index is 0.145. The lowest BCUT2D eigenvalue weighted by molar-refractivity contribution is -0.0309. The second-order valence-electron chi connectivity index (χ2n) is 5.63. The van der Waals surface area contributed by atoms with E-state index in [2.05, 4.69) is 22.4 Å². The van der Waals surface area contributed by atoms with Crippen molar-refractivity contribution in [3.8, 4) is 0 Å². The van der Waals surface area contributed by atoms with E-state index < -0.39 is 6.10 Å². The van der Waals surface area contributed by atoms with Gasteiger partial charge in [-0.2, -0.15) is 0 Å². The summed E-state index contributed by atoms with van der Waals surface area (Å²) in [6, 6.07) is 0.293. The van der Waals surface area contributed by atoms with Gasteiger partial charge in [-0.25, -0.2) is 0 Å². The van der Waals surface area contributed by atoms with Crippen molar-refractivity contribution >= 4 is 0 Å². The average molecular weight is 235 g/mol. The summed E-state index contributed by atoms with van der Waals surface area (Å²) in [5.41, 5.74) is 1.64. The van der Waals surface area contributed by atoms with Crippen molar-refractivity contribution in [2.45, 2.75) is 31.0 Å². The second kappa shape index (κ2) is 2.91. The standard InChI is InChI=1S/C12H17N3O2/c1-6-9-10(17-14-6)8-3-7-4-13-5-12(7,11(9)16)15(8)2/h7-8,11,13,16H,3-5H2,1-2H3/t7-,8-,11+,12+/m0/s1. The van der Waals surface area contributed by atoms with Crippen LogP contribution in [0.3, 0.4) is 0 Å². The van der Waals surface area contributed by atoms with Crippen molar-refractivity contribution in [1.29, 1.82) is 0 Å². The third-order valence-corrected chi connectivity index (χ3v) is 5.12. The molecule has 0 amide bonds. The molecule has 0 unspecified atom stereocenters. The molecule has 92 valence electrons. The molecule has 2 fully saturated rings. The van der Waals surface area contributed by atoms with Gasteiger partial charge in [-0.1, -0.05) is 5.16 Å². The number of fused-ring (bicyclic) bond motifs is 3. The lowest BCUT2D eigenvalue weighted by atomic mass is 9.79. The van der Waals surface area contributed by atoms with Gasteiger partial charge >= 0.3 is 0 Å². The molecule has 0 aliphatic carbocycles. The summed E-state index contributed by atoms with van der Waals surface area (Å²) in [6.45, 7) is 3.77. The van der Waals surface area contributed by atoms with Crippen LogP contribution in [-0.2, 0) is 0 Å². The van der Waals surface area contributed by atoms with Crippen LogP contribution in [0.1, 0.15) is 35.6 Å². The Labute approximate surface area is 99.8 Å². The fraction of sp³-hybridized carbons (Fsp3) is 0.750. The number of aromatic nitrogens is 1. The molecule has 2 bridgehead atoms. The number of likely N-dealkylation sites (N-methyl/N-ethyl adjacent to an activating group) is 1. The van der Waals surface area contributed by atoms with Crippen molar-refractivity contribution in [2.24, 2.45) is 5.92 Å². The van der Waals surface area contributed by atoms with Gasteiger partial charge in [-0.15, -0.1) is 0 Å². The summed E-state index contributed by atoms with van der Waals surface area (Å²) < 4.78 is 5.45. The van der Waals surface area contributed by atoms with Crippen LogP contribution in [-0.4, -0.2) is 40.8 Å². The Morgan fingerprint density at radius 2 is 2.41 bits per heavy atom. The zero-order valence-corrected chi connectivity index (χ0v) is 10.1. The molecule has 0 aromatic carbocycles. The lowest BCUT2D eigenvalue weighted by Crippen LogP contribution is -2.54. The quantitative estimate of drug-likeness (QED) is 0.680. The molecule has 4 rings (SSSR count). The van der Waals surface area contributed by atoms with Crippen LogP contribution >= 0.6 is 0 Å². The SMILES string of the molecule is Cc1noc2c1[C@@H](O)[C@@]13CNC[C@@H]1C[C@@H]2N3C. The zero-order chi connectivity index (χ0) is 11.8. The summed E-state index contributed by atoms with van der Waals surface area (Å²) in [5.74, 6) is 1.40. The van der Waals surface area contributed by atoms with Gasteiger partial charge in [0.1, 0.15) is 6.10 Å². The largest absolute Gasteiger partial charge is 0.386 e. The number of hydrogen-bond donors (Lipinski definition) is 2. The highest BCUT2D eigenvalue weighted by Gasteiger charge is 2.63. The van der Waals surface area contributed by atoms with Crippen LogP contribution in [0.15, 0.2) is 4.52 Å². The molecular formula is C12H17N3O2. The first-order valence-corrected chi connectivity index (χ1v) is 6.24. The molecule has 5 heteroatoms. The third kappa shape index (κ3) is 0.917. The summed E-state index contributed by atoms with van der Waals surface area (Å²) in [5, 5.41) is 18.2. The van der Waals surface area contributed by atoms with Gasteiger partial charge in [-0.05, 0) is 26.3 Å². The predicted molar refractivity (Wildman–Crippen MR) is 60.4 cm³/mol. The molecule has 4 atom stereocenters. The fourth-order valence-electron chi connectivity index (χ4n) is 4.20. The van der Waals surface area contributed by atoms with Crippen molar-refractivity contribution in [1.82, 2.24) is 15.4 Å². The third-order valence-electron chi connectivity index (χ3n) is 5.12.